The second kappa shape index (κ2) is 9.27. The van der Waals surface area contributed by atoms with E-state index in [2.05, 4.69) is 12.2 Å². The SMILES string of the molecule is CCCc1ccc(OCCCC(=O)Nc2cccc(C(F)(F)F)c2)cc1. The molecule has 0 heterocycles. The van der Waals surface area contributed by atoms with E-state index in [1.54, 1.807) is 0 Å². The molecule has 0 bridgehead atoms. The molecule has 1 N–H and O–H groups in total. The number of alkyl halides is 3. The predicted octanol–water partition coefficient (Wildman–Crippen LogP) is 5.46. The van der Waals surface area contributed by atoms with Crippen molar-refractivity contribution in [3.05, 3.63) is 59.7 Å². The number of carbonyl (C=O) groups is 1. The molecule has 0 spiro atoms. The first-order valence-corrected chi connectivity index (χ1v) is 8.57. The largest absolute Gasteiger partial charge is 0.494 e. The van der Waals surface area contributed by atoms with E-state index in [1.165, 1.54) is 17.7 Å². The summed E-state index contributed by atoms with van der Waals surface area (Å²) in [4.78, 5) is 11.9. The van der Waals surface area contributed by atoms with Gasteiger partial charge in [0.15, 0.2) is 0 Å². The van der Waals surface area contributed by atoms with Gasteiger partial charge in [0.2, 0.25) is 5.91 Å². The Balaban J connectivity index is 1.74. The van der Waals surface area contributed by atoms with E-state index in [1.807, 2.05) is 24.3 Å². The number of carbonyl (C=O) groups excluding carboxylic acids is 1. The van der Waals surface area contributed by atoms with Gasteiger partial charge in [0.1, 0.15) is 5.75 Å². The first-order valence-electron chi connectivity index (χ1n) is 8.57. The molecule has 0 radical (unpaired) electrons. The minimum Gasteiger partial charge on any atom is -0.494 e. The number of hydrogen-bond acceptors (Lipinski definition) is 2. The van der Waals surface area contributed by atoms with Crippen LogP contribution in [0.4, 0.5) is 18.9 Å². The third kappa shape index (κ3) is 6.43. The summed E-state index contributed by atoms with van der Waals surface area (Å²) >= 11 is 0. The zero-order chi connectivity index (χ0) is 19.0. The summed E-state index contributed by atoms with van der Waals surface area (Å²) in [5, 5.41) is 2.48. The molecule has 0 saturated carbocycles. The summed E-state index contributed by atoms with van der Waals surface area (Å²) in [7, 11) is 0. The summed E-state index contributed by atoms with van der Waals surface area (Å²) in [6.07, 6.45) is -1.68. The number of hydrogen-bond donors (Lipinski definition) is 1. The van der Waals surface area contributed by atoms with Crippen molar-refractivity contribution in [2.75, 3.05) is 11.9 Å². The number of halogens is 3. The van der Waals surface area contributed by atoms with Gasteiger partial charge < -0.3 is 10.1 Å². The Labute approximate surface area is 151 Å². The number of anilines is 1. The molecule has 0 saturated heterocycles. The van der Waals surface area contributed by atoms with Crippen LogP contribution in [0.2, 0.25) is 0 Å². The zero-order valence-electron chi connectivity index (χ0n) is 14.6. The van der Waals surface area contributed by atoms with E-state index in [9.17, 15) is 18.0 Å². The van der Waals surface area contributed by atoms with Crippen molar-refractivity contribution in [3.8, 4) is 5.75 Å². The van der Waals surface area contributed by atoms with Gasteiger partial charge in [0.25, 0.3) is 0 Å². The third-order valence-corrected chi connectivity index (χ3v) is 3.75. The second-order valence-electron chi connectivity index (χ2n) is 5.97. The smallest absolute Gasteiger partial charge is 0.416 e. The van der Waals surface area contributed by atoms with E-state index in [-0.39, 0.29) is 18.0 Å². The highest BCUT2D eigenvalue weighted by atomic mass is 19.4. The second-order valence-corrected chi connectivity index (χ2v) is 5.97. The van der Waals surface area contributed by atoms with Gasteiger partial charge in [-0.2, -0.15) is 13.2 Å². The molecule has 26 heavy (non-hydrogen) atoms. The van der Waals surface area contributed by atoms with Gasteiger partial charge in [-0.3, -0.25) is 4.79 Å². The molecule has 140 valence electrons. The van der Waals surface area contributed by atoms with E-state index < -0.39 is 11.7 Å². The number of amides is 1. The van der Waals surface area contributed by atoms with Crippen LogP contribution in [0, 0.1) is 0 Å². The van der Waals surface area contributed by atoms with E-state index in [0.717, 1.165) is 30.7 Å². The molecule has 1 amide bonds. The monoisotopic (exact) mass is 365 g/mol. The molecule has 2 aromatic rings. The Morgan fingerprint density at radius 1 is 1.12 bits per heavy atom. The summed E-state index contributed by atoms with van der Waals surface area (Å²) in [5.74, 6) is 0.398. The maximum absolute atomic E-state index is 12.7. The Hall–Kier alpha value is -2.50. The van der Waals surface area contributed by atoms with Crippen LogP contribution in [0.1, 0.15) is 37.3 Å². The fourth-order valence-corrected chi connectivity index (χ4v) is 2.46. The Morgan fingerprint density at radius 2 is 1.85 bits per heavy atom. The molecule has 0 fully saturated rings. The van der Waals surface area contributed by atoms with Crippen LogP contribution >= 0.6 is 0 Å². The minimum absolute atomic E-state index is 0.136. The Kier molecular flexibility index (Phi) is 7.06. The lowest BCUT2D eigenvalue weighted by Gasteiger charge is -2.10. The normalized spacial score (nSPS) is 11.2. The maximum atomic E-state index is 12.7. The van der Waals surface area contributed by atoms with Crippen LogP contribution < -0.4 is 10.1 Å². The number of ether oxygens (including phenoxy) is 1. The van der Waals surface area contributed by atoms with Crippen LogP contribution in [0.5, 0.6) is 5.75 Å². The van der Waals surface area contributed by atoms with Crippen LogP contribution in [0.25, 0.3) is 0 Å². The highest BCUT2D eigenvalue weighted by Crippen LogP contribution is 2.30. The molecule has 0 aliphatic rings. The van der Waals surface area contributed by atoms with Crippen LogP contribution in [-0.2, 0) is 17.4 Å². The predicted molar refractivity (Wildman–Crippen MR) is 95.2 cm³/mol. The summed E-state index contributed by atoms with van der Waals surface area (Å²) in [6.45, 7) is 2.48. The average Bonchev–Trinajstić information content (AvgIpc) is 2.60. The number of benzene rings is 2. The lowest BCUT2D eigenvalue weighted by molar-refractivity contribution is -0.137. The Morgan fingerprint density at radius 3 is 2.50 bits per heavy atom. The van der Waals surface area contributed by atoms with Crippen molar-refractivity contribution >= 4 is 11.6 Å². The molecule has 0 atom stereocenters. The van der Waals surface area contributed by atoms with Crippen molar-refractivity contribution in [1.29, 1.82) is 0 Å². The molecule has 0 aromatic heterocycles. The minimum atomic E-state index is -4.43. The van der Waals surface area contributed by atoms with Crippen molar-refractivity contribution in [1.82, 2.24) is 0 Å². The Bertz CT molecular complexity index is 712. The lowest BCUT2D eigenvalue weighted by Crippen LogP contribution is -2.14. The van der Waals surface area contributed by atoms with Crippen molar-refractivity contribution in [2.24, 2.45) is 0 Å². The quantitative estimate of drug-likeness (QED) is 0.631. The molecule has 2 aromatic carbocycles. The van der Waals surface area contributed by atoms with Gasteiger partial charge in [-0.1, -0.05) is 31.5 Å². The highest BCUT2D eigenvalue weighted by Gasteiger charge is 2.30. The van der Waals surface area contributed by atoms with Gasteiger partial charge >= 0.3 is 6.18 Å². The first kappa shape index (κ1) is 19.8. The molecule has 0 aliphatic heterocycles. The fraction of sp³-hybridized carbons (Fsp3) is 0.350. The van der Waals surface area contributed by atoms with Gasteiger partial charge in [0, 0.05) is 12.1 Å². The topological polar surface area (TPSA) is 38.3 Å². The van der Waals surface area contributed by atoms with Crippen LogP contribution in [0.3, 0.4) is 0 Å². The average molecular weight is 365 g/mol. The van der Waals surface area contributed by atoms with Gasteiger partial charge in [-0.15, -0.1) is 0 Å². The molecular weight excluding hydrogens is 343 g/mol. The van der Waals surface area contributed by atoms with Gasteiger partial charge in [-0.25, -0.2) is 0 Å². The molecule has 0 aliphatic carbocycles. The van der Waals surface area contributed by atoms with Crippen molar-refractivity contribution in [2.45, 2.75) is 38.8 Å². The maximum Gasteiger partial charge on any atom is 0.416 e. The molecule has 2 rings (SSSR count). The summed E-state index contributed by atoms with van der Waals surface area (Å²) < 4.78 is 43.5. The molecule has 3 nitrogen and oxygen atoms in total. The van der Waals surface area contributed by atoms with Crippen molar-refractivity contribution in [3.63, 3.8) is 0 Å². The van der Waals surface area contributed by atoms with Crippen molar-refractivity contribution < 1.29 is 22.7 Å². The standard InChI is InChI=1S/C20H22F3NO2/c1-2-5-15-9-11-18(12-10-15)26-13-4-8-19(25)24-17-7-3-6-16(14-17)20(21,22)23/h3,6-7,9-12,14H,2,4-5,8,13H2,1H3,(H,24,25). The third-order valence-electron chi connectivity index (χ3n) is 3.75. The number of rotatable bonds is 8. The molecular formula is C20H22F3NO2. The number of nitrogens with one attached hydrogen (secondary N) is 1. The summed E-state index contributed by atoms with van der Waals surface area (Å²) in [6, 6.07) is 12.4. The molecule has 6 heteroatoms. The lowest BCUT2D eigenvalue weighted by atomic mass is 10.1. The van der Waals surface area contributed by atoms with E-state index in [4.69, 9.17) is 4.74 Å². The van der Waals surface area contributed by atoms with Gasteiger partial charge in [-0.05, 0) is 48.7 Å². The number of aryl methyl sites for hydroxylation is 1. The van der Waals surface area contributed by atoms with E-state index in [0.29, 0.717) is 13.0 Å². The highest BCUT2D eigenvalue weighted by molar-refractivity contribution is 5.90. The molecule has 0 unspecified atom stereocenters. The fourth-order valence-electron chi connectivity index (χ4n) is 2.46. The van der Waals surface area contributed by atoms with E-state index >= 15 is 0 Å². The summed E-state index contributed by atoms with van der Waals surface area (Å²) in [5.41, 5.74) is 0.600. The first-order chi connectivity index (χ1) is 12.4. The van der Waals surface area contributed by atoms with Crippen LogP contribution in [0.15, 0.2) is 48.5 Å². The van der Waals surface area contributed by atoms with Gasteiger partial charge in [0.05, 0.1) is 12.2 Å². The zero-order valence-corrected chi connectivity index (χ0v) is 14.6. The van der Waals surface area contributed by atoms with Crippen LogP contribution in [-0.4, -0.2) is 12.5 Å².